The van der Waals surface area contributed by atoms with E-state index >= 15 is 0 Å². The number of hydrogen-bond acceptors (Lipinski definition) is 2. The van der Waals surface area contributed by atoms with Gasteiger partial charge in [-0.3, -0.25) is 0 Å². The Morgan fingerprint density at radius 3 is 3.07 bits per heavy atom. The van der Waals surface area contributed by atoms with E-state index in [4.69, 9.17) is 0 Å². The Bertz CT molecular complexity index is 283. The molecule has 0 amide bonds. The van der Waals surface area contributed by atoms with E-state index in [1.807, 2.05) is 6.08 Å². The van der Waals surface area contributed by atoms with Crippen molar-refractivity contribution in [3.05, 3.63) is 33.5 Å². The van der Waals surface area contributed by atoms with Gasteiger partial charge < -0.3 is 5.32 Å². The van der Waals surface area contributed by atoms with Crippen molar-refractivity contribution in [3.63, 3.8) is 0 Å². The van der Waals surface area contributed by atoms with Gasteiger partial charge in [-0.1, -0.05) is 6.08 Å². The van der Waals surface area contributed by atoms with Crippen molar-refractivity contribution in [1.82, 2.24) is 5.32 Å². The monoisotopic (exact) mass is 273 g/mol. The van der Waals surface area contributed by atoms with Crippen LogP contribution in [-0.2, 0) is 6.54 Å². The van der Waals surface area contributed by atoms with Crippen molar-refractivity contribution >= 4 is 27.3 Å². The molecular formula is C11H16BrNS. The van der Waals surface area contributed by atoms with Crippen LogP contribution >= 0.6 is 27.3 Å². The van der Waals surface area contributed by atoms with Crippen molar-refractivity contribution in [1.29, 1.82) is 0 Å². The van der Waals surface area contributed by atoms with Crippen LogP contribution in [0.4, 0.5) is 0 Å². The zero-order valence-electron chi connectivity index (χ0n) is 8.42. The quantitative estimate of drug-likeness (QED) is 0.774. The molecule has 78 valence electrons. The number of halogens is 1. The first-order valence-corrected chi connectivity index (χ1v) is 6.47. The predicted octanol–water partition coefficient (Wildman–Crippen LogP) is 3.95. The van der Waals surface area contributed by atoms with Gasteiger partial charge in [-0.15, -0.1) is 17.9 Å². The minimum absolute atomic E-state index is 0.562. The van der Waals surface area contributed by atoms with E-state index < -0.39 is 0 Å². The fourth-order valence-electron chi connectivity index (χ4n) is 1.20. The molecule has 0 radical (unpaired) electrons. The Labute approximate surface area is 98.4 Å². The van der Waals surface area contributed by atoms with Crippen LogP contribution in [0.5, 0.6) is 0 Å². The van der Waals surface area contributed by atoms with Crippen LogP contribution in [0.1, 0.15) is 25.3 Å². The van der Waals surface area contributed by atoms with Crippen LogP contribution < -0.4 is 5.32 Å². The maximum Gasteiger partial charge on any atom is 0.0701 e. The Morgan fingerprint density at radius 2 is 2.50 bits per heavy atom. The van der Waals surface area contributed by atoms with Gasteiger partial charge in [0.25, 0.3) is 0 Å². The Kier molecular flexibility index (Phi) is 5.45. The van der Waals surface area contributed by atoms with Crippen LogP contribution in [0.25, 0.3) is 0 Å². The molecule has 3 heteroatoms. The fourth-order valence-corrected chi connectivity index (χ4v) is 2.41. The molecule has 1 nitrogen and oxygen atoms in total. The lowest BCUT2D eigenvalue weighted by atomic mass is 10.2. The number of nitrogens with one attached hydrogen (secondary N) is 1. The summed E-state index contributed by atoms with van der Waals surface area (Å²) in [4.78, 5) is 0. The lowest BCUT2D eigenvalue weighted by molar-refractivity contribution is 0.518. The first kappa shape index (κ1) is 12.0. The maximum absolute atomic E-state index is 3.72. The highest BCUT2D eigenvalue weighted by molar-refractivity contribution is 9.11. The molecule has 0 bridgehead atoms. The molecule has 0 aromatic carbocycles. The Hall–Kier alpha value is -0.120. The molecule has 14 heavy (non-hydrogen) atoms. The van der Waals surface area contributed by atoms with Gasteiger partial charge in [0.1, 0.15) is 0 Å². The van der Waals surface area contributed by atoms with Crippen molar-refractivity contribution in [3.8, 4) is 0 Å². The molecule has 1 heterocycles. The van der Waals surface area contributed by atoms with E-state index in [0.29, 0.717) is 6.04 Å². The largest absolute Gasteiger partial charge is 0.310 e. The SMILES string of the molecule is C=CCCC(C)NCc1csc(Br)c1. The zero-order chi connectivity index (χ0) is 10.4. The average molecular weight is 274 g/mol. The smallest absolute Gasteiger partial charge is 0.0701 e. The number of allylic oxidation sites excluding steroid dienone is 1. The summed E-state index contributed by atoms with van der Waals surface area (Å²) in [6, 6.07) is 2.73. The molecule has 1 atom stereocenters. The normalized spacial score (nSPS) is 12.7. The summed E-state index contributed by atoms with van der Waals surface area (Å²) >= 11 is 5.19. The maximum atomic E-state index is 3.72. The molecule has 1 unspecified atom stereocenters. The van der Waals surface area contributed by atoms with Gasteiger partial charge in [-0.2, -0.15) is 0 Å². The van der Waals surface area contributed by atoms with Crippen molar-refractivity contribution < 1.29 is 0 Å². The minimum atomic E-state index is 0.562. The highest BCUT2D eigenvalue weighted by Crippen LogP contribution is 2.20. The fraction of sp³-hybridized carbons (Fsp3) is 0.455. The molecule has 0 aliphatic heterocycles. The summed E-state index contributed by atoms with van der Waals surface area (Å²) in [6.07, 6.45) is 4.22. The van der Waals surface area contributed by atoms with Crippen molar-refractivity contribution in [2.24, 2.45) is 0 Å². The molecule has 1 aromatic rings. The second-order valence-electron chi connectivity index (χ2n) is 3.41. The average Bonchev–Trinajstić information content (AvgIpc) is 2.58. The summed E-state index contributed by atoms with van der Waals surface area (Å²) in [5.74, 6) is 0. The molecular weight excluding hydrogens is 258 g/mol. The van der Waals surface area contributed by atoms with Crippen LogP contribution in [0, 0.1) is 0 Å². The van der Waals surface area contributed by atoms with E-state index in [1.165, 1.54) is 9.35 Å². The molecule has 0 saturated carbocycles. The summed E-state index contributed by atoms with van der Waals surface area (Å²) in [6.45, 7) is 6.89. The van der Waals surface area contributed by atoms with E-state index in [1.54, 1.807) is 11.3 Å². The third-order valence-electron chi connectivity index (χ3n) is 2.08. The number of thiophene rings is 1. The summed E-state index contributed by atoms with van der Waals surface area (Å²) in [7, 11) is 0. The molecule has 0 fully saturated rings. The number of hydrogen-bond donors (Lipinski definition) is 1. The molecule has 0 aliphatic rings. The standard InChI is InChI=1S/C11H16BrNS/c1-3-4-5-9(2)13-7-10-6-11(12)14-8-10/h3,6,8-9,13H,1,4-5,7H2,2H3. The summed E-state index contributed by atoms with van der Waals surface area (Å²) in [5, 5.41) is 5.66. The van der Waals surface area contributed by atoms with Crippen LogP contribution in [-0.4, -0.2) is 6.04 Å². The number of rotatable bonds is 6. The molecule has 0 saturated heterocycles. The van der Waals surface area contributed by atoms with Gasteiger partial charge in [0.05, 0.1) is 3.79 Å². The van der Waals surface area contributed by atoms with E-state index in [9.17, 15) is 0 Å². The summed E-state index contributed by atoms with van der Waals surface area (Å²) < 4.78 is 1.20. The van der Waals surface area contributed by atoms with E-state index in [0.717, 1.165) is 19.4 Å². The van der Waals surface area contributed by atoms with Gasteiger partial charge in [-0.05, 0) is 52.7 Å². The summed E-state index contributed by atoms with van der Waals surface area (Å²) in [5.41, 5.74) is 1.35. The molecule has 1 N–H and O–H groups in total. The highest BCUT2D eigenvalue weighted by atomic mass is 79.9. The first-order chi connectivity index (χ1) is 6.72. The van der Waals surface area contributed by atoms with Gasteiger partial charge in [0.15, 0.2) is 0 Å². The van der Waals surface area contributed by atoms with Crippen molar-refractivity contribution in [2.75, 3.05) is 0 Å². The van der Waals surface area contributed by atoms with Crippen LogP contribution in [0.2, 0.25) is 0 Å². The van der Waals surface area contributed by atoms with E-state index in [-0.39, 0.29) is 0 Å². The predicted molar refractivity (Wildman–Crippen MR) is 67.8 cm³/mol. The zero-order valence-corrected chi connectivity index (χ0v) is 10.8. The van der Waals surface area contributed by atoms with Crippen LogP contribution in [0.15, 0.2) is 27.9 Å². The van der Waals surface area contributed by atoms with Crippen molar-refractivity contribution in [2.45, 2.75) is 32.4 Å². The van der Waals surface area contributed by atoms with Gasteiger partial charge in [-0.25, -0.2) is 0 Å². The van der Waals surface area contributed by atoms with Gasteiger partial charge in [0, 0.05) is 12.6 Å². The lowest BCUT2D eigenvalue weighted by Gasteiger charge is -2.11. The molecule has 1 aromatic heterocycles. The molecule has 1 rings (SSSR count). The minimum Gasteiger partial charge on any atom is -0.310 e. The topological polar surface area (TPSA) is 12.0 Å². The third kappa shape index (κ3) is 4.40. The van der Waals surface area contributed by atoms with Crippen LogP contribution in [0.3, 0.4) is 0 Å². The molecule has 0 aliphatic carbocycles. The van der Waals surface area contributed by atoms with Gasteiger partial charge in [0.2, 0.25) is 0 Å². The molecule has 0 spiro atoms. The first-order valence-electron chi connectivity index (χ1n) is 4.79. The second-order valence-corrected chi connectivity index (χ2v) is 5.70. The second kappa shape index (κ2) is 6.38. The third-order valence-corrected chi connectivity index (χ3v) is 3.63. The van der Waals surface area contributed by atoms with Gasteiger partial charge >= 0.3 is 0 Å². The highest BCUT2D eigenvalue weighted by Gasteiger charge is 2.01. The Morgan fingerprint density at radius 1 is 1.71 bits per heavy atom. The Balaban J connectivity index is 2.23. The lowest BCUT2D eigenvalue weighted by Crippen LogP contribution is -2.24. The van der Waals surface area contributed by atoms with E-state index in [2.05, 4.69) is 46.2 Å².